The summed E-state index contributed by atoms with van der Waals surface area (Å²) in [6.07, 6.45) is 1.71. The largest absolute Gasteiger partial charge is 0.393 e. The van der Waals surface area contributed by atoms with Crippen LogP contribution in [0.5, 0.6) is 0 Å². The summed E-state index contributed by atoms with van der Waals surface area (Å²) in [4.78, 5) is 2.13. The molecule has 3 rings (SSSR count). The Labute approximate surface area is 144 Å². The average Bonchev–Trinajstić information content (AvgIpc) is 2.52. The van der Waals surface area contributed by atoms with Gasteiger partial charge in [0.15, 0.2) is 0 Å². The number of rotatable bonds is 6. The van der Waals surface area contributed by atoms with Crippen molar-refractivity contribution < 1.29 is 13.5 Å². The number of nitrogens with one attached hydrogen (secondary N) is 1. The highest BCUT2D eigenvalue weighted by Crippen LogP contribution is 2.32. The Balaban J connectivity index is 1.68. The van der Waals surface area contributed by atoms with Gasteiger partial charge in [-0.15, -0.1) is 0 Å². The zero-order valence-corrected chi connectivity index (χ0v) is 15.0. The van der Waals surface area contributed by atoms with Crippen LogP contribution < -0.4 is 4.72 Å². The Morgan fingerprint density at radius 2 is 1.79 bits per heavy atom. The highest BCUT2D eigenvalue weighted by Gasteiger charge is 2.37. The van der Waals surface area contributed by atoms with Crippen LogP contribution >= 0.6 is 0 Å². The summed E-state index contributed by atoms with van der Waals surface area (Å²) in [7, 11) is -1.48. The van der Waals surface area contributed by atoms with Gasteiger partial charge in [-0.3, -0.25) is 0 Å². The van der Waals surface area contributed by atoms with Crippen LogP contribution in [0.15, 0.2) is 30.3 Å². The second-order valence-corrected chi connectivity index (χ2v) is 8.71. The van der Waals surface area contributed by atoms with Crippen molar-refractivity contribution in [2.45, 2.75) is 31.4 Å². The van der Waals surface area contributed by atoms with E-state index in [1.807, 2.05) is 37.4 Å². The maximum atomic E-state index is 12.8. The van der Waals surface area contributed by atoms with E-state index < -0.39 is 10.2 Å². The number of hydrogen-bond donors (Lipinski definition) is 2. The molecule has 2 fully saturated rings. The van der Waals surface area contributed by atoms with Gasteiger partial charge in [-0.2, -0.15) is 17.4 Å². The lowest BCUT2D eigenvalue weighted by Gasteiger charge is -2.39. The molecule has 1 atom stereocenters. The van der Waals surface area contributed by atoms with E-state index in [0.717, 1.165) is 18.7 Å². The predicted molar refractivity (Wildman–Crippen MR) is 93.8 cm³/mol. The van der Waals surface area contributed by atoms with Gasteiger partial charge < -0.3 is 10.0 Å². The molecule has 1 aromatic carbocycles. The molecule has 0 unspecified atom stereocenters. The van der Waals surface area contributed by atoms with E-state index in [9.17, 15) is 13.5 Å². The Kier molecular flexibility index (Phi) is 5.56. The molecule has 6 nitrogen and oxygen atoms in total. The smallest absolute Gasteiger partial charge is 0.279 e. The second-order valence-electron chi connectivity index (χ2n) is 7.01. The first-order valence-electron chi connectivity index (χ1n) is 8.62. The minimum atomic E-state index is -3.49. The standard InChI is InChI=1S/C17H27N3O3S/c1-19-7-9-20(10-8-19)24(22,23)18-17(15-12-16(21)13-15)11-14-5-3-2-4-6-14/h2-6,15-18,21H,7-13H2,1H3/t15?,16?,17-/m0/s1. The lowest BCUT2D eigenvalue weighted by molar-refractivity contribution is 0.0280. The van der Waals surface area contributed by atoms with E-state index in [1.54, 1.807) is 4.31 Å². The van der Waals surface area contributed by atoms with Gasteiger partial charge in [-0.05, 0) is 37.8 Å². The third-order valence-corrected chi connectivity index (χ3v) is 6.77. The molecule has 24 heavy (non-hydrogen) atoms. The summed E-state index contributed by atoms with van der Waals surface area (Å²) < 4.78 is 30.0. The van der Waals surface area contributed by atoms with Crippen molar-refractivity contribution in [2.24, 2.45) is 5.92 Å². The minimum Gasteiger partial charge on any atom is -0.393 e. The molecule has 1 heterocycles. The van der Waals surface area contributed by atoms with E-state index in [4.69, 9.17) is 0 Å². The van der Waals surface area contributed by atoms with E-state index in [1.165, 1.54) is 0 Å². The fourth-order valence-corrected chi connectivity index (χ4v) is 4.88. The molecule has 0 radical (unpaired) electrons. The summed E-state index contributed by atoms with van der Waals surface area (Å²) >= 11 is 0. The summed E-state index contributed by atoms with van der Waals surface area (Å²) in [5.41, 5.74) is 1.12. The molecule has 0 spiro atoms. The molecule has 1 saturated carbocycles. The van der Waals surface area contributed by atoms with Gasteiger partial charge in [0.05, 0.1) is 6.10 Å². The van der Waals surface area contributed by atoms with Gasteiger partial charge in [0, 0.05) is 32.2 Å². The monoisotopic (exact) mass is 353 g/mol. The first-order valence-corrected chi connectivity index (χ1v) is 10.1. The van der Waals surface area contributed by atoms with Gasteiger partial charge >= 0.3 is 0 Å². The predicted octanol–water partition coefficient (Wildman–Crippen LogP) is 0.450. The SMILES string of the molecule is CN1CCN(S(=O)(=O)N[C@@H](Cc2ccccc2)C2CC(O)C2)CC1. The van der Waals surface area contributed by atoms with Crippen molar-refractivity contribution >= 4 is 10.2 Å². The number of aliphatic hydroxyl groups is 1. The number of nitrogens with zero attached hydrogens (tertiary/aromatic N) is 2. The van der Waals surface area contributed by atoms with Crippen LogP contribution in [-0.4, -0.2) is 68.1 Å². The molecule has 0 aromatic heterocycles. The number of piperazine rings is 1. The maximum absolute atomic E-state index is 12.8. The van der Waals surface area contributed by atoms with Crippen molar-refractivity contribution in [1.29, 1.82) is 0 Å². The average molecular weight is 353 g/mol. The van der Waals surface area contributed by atoms with Crippen molar-refractivity contribution in [3.8, 4) is 0 Å². The van der Waals surface area contributed by atoms with E-state index in [2.05, 4.69) is 9.62 Å². The molecule has 1 aliphatic carbocycles. The van der Waals surface area contributed by atoms with Crippen LogP contribution in [0.1, 0.15) is 18.4 Å². The minimum absolute atomic E-state index is 0.166. The highest BCUT2D eigenvalue weighted by molar-refractivity contribution is 7.87. The van der Waals surface area contributed by atoms with E-state index in [0.29, 0.717) is 32.4 Å². The van der Waals surface area contributed by atoms with Crippen LogP contribution in [0.2, 0.25) is 0 Å². The van der Waals surface area contributed by atoms with Gasteiger partial charge in [0.2, 0.25) is 0 Å². The molecule has 0 amide bonds. The van der Waals surface area contributed by atoms with Crippen LogP contribution in [0.3, 0.4) is 0 Å². The zero-order valence-electron chi connectivity index (χ0n) is 14.1. The van der Waals surface area contributed by atoms with E-state index >= 15 is 0 Å². The molecule has 134 valence electrons. The molecule has 7 heteroatoms. The number of aliphatic hydroxyl groups excluding tert-OH is 1. The summed E-state index contributed by atoms with van der Waals surface area (Å²) in [6.45, 7) is 2.56. The molecule has 1 aromatic rings. The first-order chi connectivity index (χ1) is 11.4. The van der Waals surface area contributed by atoms with Crippen LogP contribution in [0.4, 0.5) is 0 Å². The first kappa shape index (κ1) is 17.8. The van der Waals surface area contributed by atoms with Crippen LogP contribution in [0.25, 0.3) is 0 Å². The summed E-state index contributed by atoms with van der Waals surface area (Å²) in [5.74, 6) is 0.197. The van der Waals surface area contributed by atoms with Crippen molar-refractivity contribution in [3.05, 3.63) is 35.9 Å². The topological polar surface area (TPSA) is 72.9 Å². The molecule has 1 aliphatic heterocycles. The van der Waals surface area contributed by atoms with Gasteiger partial charge in [-0.1, -0.05) is 30.3 Å². The lowest BCUT2D eigenvalue weighted by Crippen LogP contribution is -2.55. The third kappa shape index (κ3) is 4.34. The molecule has 2 N–H and O–H groups in total. The van der Waals surface area contributed by atoms with Gasteiger partial charge in [0.25, 0.3) is 10.2 Å². The number of benzene rings is 1. The number of likely N-dealkylation sites (N-methyl/N-ethyl adjacent to an activating group) is 1. The quantitative estimate of drug-likeness (QED) is 0.779. The Morgan fingerprint density at radius 3 is 2.38 bits per heavy atom. The Morgan fingerprint density at radius 1 is 1.17 bits per heavy atom. The fourth-order valence-electron chi connectivity index (χ4n) is 3.43. The molecule has 2 aliphatic rings. The molecule has 0 bridgehead atoms. The Bertz CT molecular complexity index is 624. The lowest BCUT2D eigenvalue weighted by atomic mass is 9.76. The van der Waals surface area contributed by atoms with Crippen LogP contribution in [-0.2, 0) is 16.6 Å². The fraction of sp³-hybridized carbons (Fsp3) is 0.647. The molecule has 1 saturated heterocycles. The highest BCUT2D eigenvalue weighted by atomic mass is 32.2. The Hall–Kier alpha value is -0.990. The maximum Gasteiger partial charge on any atom is 0.279 e. The van der Waals surface area contributed by atoms with Crippen molar-refractivity contribution in [2.75, 3.05) is 33.2 Å². The van der Waals surface area contributed by atoms with Crippen molar-refractivity contribution in [1.82, 2.24) is 13.9 Å². The normalized spacial score (nSPS) is 27.6. The zero-order chi connectivity index (χ0) is 17.2. The summed E-state index contributed by atoms with van der Waals surface area (Å²) in [6, 6.07) is 9.77. The number of hydrogen-bond acceptors (Lipinski definition) is 4. The molecular formula is C17H27N3O3S. The van der Waals surface area contributed by atoms with Gasteiger partial charge in [-0.25, -0.2) is 0 Å². The van der Waals surface area contributed by atoms with Crippen molar-refractivity contribution in [3.63, 3.8) is 0 Å². The summed E-state index contributed by atoms with van der Waals surface area (Å²) in [5, 5.41) is 9.62. The van der Waals surface area contributed by atoms with Gasteiger partial charge in [0.1, 0.15) is 0 Å². The van der Waals surface area contributed by atoms with E-state index in [-0.39, 0.29) is 18.1 Å². The second kappa shape index (κ2) is 7.49. The molecular weight excluding hydrogens is 326 g/mol. The third-order valence-electron chi connectivity index (χ3n) is 5.12. The van der Waals surface area contributed by atoms with Crippen LogP contribution in [0, 0.1) is 5.92 Å².